The minimum atomic E-state index is -0.849. The Morgan fingerprint density at radius 3 is 2.50 bits per heavy atom. The normalized spacial score (nSPS) is 10.0. The lowest BCUT2D eigenvalue weighted by Gasteiger charge is -2.22. The van der Waals surface area contributed by atoms with Gasteiger partial charge in [-0.1, -0.05) is 6.07 Å². The van der Waals surface area contributed by atoms with Crippen molar-refractivity contribution in [2.75, 3.05) is 24.7 Å². The van der Waals surface area contributed by atoms with Crippen molar-refractivity contribution in [3.05, 3.63) is 63.7 Å². The lowest BCUT2D eigenvalue weighted by atomic mass is 10.1. The number of nitro benzene ring substituents is 1. The van der Waals surface area contributed by atoms with Gasteiger partial charge in [0.05, 0.1) is 29.6 Å². The minimum absolute atomic E-state index is 0.0234. The number of esters is 1. The van der Waals surface area contributed by atoms with Crippen molar-refractivity contribution in [1.82, 2.24) is 0 Å². The summed E-state index contributed by atoms with van der Waals surface area (Å²) < 4.78 is 10.4. The molecule has 156 valence electrons. The molecule has 0 aliphatic rings. The predicted molar refractivity (Wildman–Crippen MR) is 108 cm³/mol. The number of nitro groups is 1. The Labute approximate surface area is 173 Å². The van der Waals surface area contributed by atoms with E-state index in [2.05, 4.69) is 0 Å². The SMILES string of the molecule is CCOc1ccc(N(CCC#N)C(=O)COC(=O)c2ccc(C)c([N+](=O)[O-])c2)cc1. The van der Waals surface area contributed by atoms with Crippen LogP contribution in [0.3, 0.4) is 0 Å². The van der Waals surface area contributed by atoms with Crippen LogP contribution in [0.2, 0.25) is 0 Å². The zero-order chi connectivity index (χ0) is 22.1. The molecule has 30 heavy (non-hydrogen) atoms. The first-order valence-electron chi connectivity index (χ1n) is 9.19. The van der Waals surface area contributed by atoms with Crippen LogP contribution in [-0.4, -0.2) is 36.6 Å². The zero-order valence-corrected chi connectivity index (χ0v) is 16.7. The number of hydrogen-bond donors (Lipinski definition) is 0. The van der Waals surface area contributed by atoms with Crippen molar-refractivity contribution < 1.29 is 24.0 Å². The van der Waals surface area contributed by atoms with Gasteiger partial charge >= 0.3 is 5.97 Å². The van der Waals surface area contributed by atoms with Gasteiger partial charge in [0.2, 0.25) is 0 Å². The molecule has 2 aromatic rings. The molecule has 0 radical (unpaired) electrons. The van der Waals surface area contributed by atoms with Gasteiger partial charge in [-0.2, -0.15) is 5.26 Å². The first kappa shape index (κ1) is 22.4. The number of nitrogens with zero attached hydrogens (tertiary/aromatic N) is 3. The summed E-state index contributed by atoms with van der Waals surface area (Å²) in [5, 5.41) is 19.9. The van der Waals surface area contributed by atoms with Crippen LogP contribution in [0.15, 0.2) is 42.5 Å². The molecule has 0 unspecified atom stereocenters. The maximum Gasteiger partial charge on any atom is 0.338 e. The number of nitriles is 1. The minimum Gasteiger partial charge on any atom is -0.494 e. The lowest BCUT2D eigenvalue weighted by molar-refractivity contribution is -0.385. The van der Waals surface area contributed by atoms with Gasteiger partial charge in [0.15, 0.2) is 6.61 Å². The smallest absolute Gasteiger partial charge is 0.338 e. The van der Waals surface area contributed by atoms with E-state index >= 15 is 0 Å². The third-order valence-electron chi connectivity index (χ3n) is 4.18. The van der Waals surface area contributed by atoms with Crippen molar-refractivity contribution >= 4 is 23.3 Å². The second kappa shape index (κ2) is 10.6. The van der Waals surface area contributed by atoms with Gasteiger partial charge in [-0.25, -0.2) is 4.79 Å². The maximum atomic E-state index is 12.6. The molecular formula is C21H21N3O6. The Bertz CT molecular complexity index is 966. The molecule has 0 bridgehead atoms. The van der Waals surface area contributed by atoms with Crippen LogP contribution in [0.25, 0.3) is 0 Å². The summed E-state index contributed by atoms with van der Waals surface area (Å²) >= 11 is 0. The van der Waals surface area contributed by atoms with Gasteiger partial charge in [0, 0.05) is 23.9 Å². The number of carbonyl (C=O) groups is 2. The van der Waals surface area contributed by atoms with Crippen LogP contribution in [0.5, 0.6) is 5.75 Å². The Kier molecular flexibility index (Phi) is 7.88. The third kappa shape index (κ3) is 5.78. The molecule has 0 saturated heterocycles. The first-order valence-corrected chi connectivity index (χ1v) is 9.19. The molecule has 9 heteroatoms. The highest BCUT2D eigenvalue weighted by Gasteiger charge is 2.20. The van der Waals surface area contributed by atoms with E-state index < -0.39 is 23.4 Å². The quantitative estimate of drug-likeness (QED) is 0.352. The number of carbonyl (C=O) groups excluding carboxylic acids is 2. The third-order valence-corrected chi connectivity index (χ3v) is 4.18. The Hall–Kier alpha value is -3.93. The lowest BCUT2D eigenvalue weighted by Crippen LogP contribution is -2.35. The largest absolute Gasteiger partial charge is 0.494 e. The molecule has 0 aromatic heterocycles. The molecule has 0 atom stereocenters. The van der Waals surface area contributed by atoms with Gasteiger partial charge in [-0.15, -0.1) is 0 Å². The highest BCUT2D eigenvalue weighted by Crippen LogP contribution is 2.21. The van der Waals surface area contributed by atoms with Crippen molar-refractivity contribution in [2.45, 2.75) is 20.3 Å². The van der Waals surface area contributed by atoms with Gasteiger partial charge in [-0.05, 0) is 44.2 Å². The second-order valence-electron chi connectivity index (χ2n) is 6.21. The molecule has 2 rings (SSSR count). The predicted octanol–water partition coefficient (Wildman–Crippen LogP) is 3.41. The van der Waals surface area contributed by atoms with Crippen LogP contribution in [0.4, 0.5) is 11.4 Å². The van der Waals surface area contributed by atoms with Crippen LogP contribution in [0, 0.1) is 28.4 Å². The fourth-order valence-corrected chi connectivity index (χ4v) is 2.67. The van der Waals surface area contributed by atoms with E-state index in [1.54, 1.807) is 31.2 Å². The van der Waals surface area contributed by atoms with E-state index in [1.807, 2.05) is 13.0 Å². The highest BCUT2D eigenvalue weighted by atomic mass is 16.6. The molecule has 0 saturated carbocycles. The molecule has 9 nitrogen and oxygen atoms in total. The molecule has 2 aromatic carbocycles. The Morgan fingerprint density at radius 2 is 1.90 bits per heavy atom. The topological polar surface area (TPSA) is 123 Å². The van der Waals surface area contributed by atoms with Gasteiger partial charge in [-0.3, -0.25) is 14.9 Å². The summed E-state index contributed by atoms with van der Waals surface area (Å²) in [6, 6.07) is 12.7. The number of benzene rings is 2. The van der Waals surface area contributed by atoms with E-state index in [-0.39, 0.29) is 24.2 Å². The molecule has 0 heterocycles. The van der Waals surface area contributed by atoms with Gasteiger partial charge in [0.25, 0.3) is 11.6 Å². The maximum absolute atomic E-state index is 12.6. The highest BCUT2D eigenvalue weighted by molar-refractivity contribution is 5.97. The summed E-state index contributed by atoms with van der Waals surface area (Å²) in [6.07, 6.45) is 0.0943. The van der Waals surface area contributed by atoms with Crippen LogP contribution in [-0.2, 0) is 9.53 Å². The van der Waals surface area contributed by atoms with Crippen LogP contribution >= 0.6 is 0 Å². The molecule has 0 spiro atoms. The Morgan fingerprint density at radius 1 is 1.20 bits per heavy atom. The number of ether oxygens (including phenoxy) is 2. The van der Waals surface area contributed by atoms with Crippen LogP contribution < -0.4 is 9.64 Å². The molecular weight excluding hydrogens is 390 g/mol. The zero-order valence-electron chi connectivity index (χ0n) is 16.7. The fraction of sp³-hybridized carbons (Fsp3) is 0.286. The van der Waals surface area contributed by atoms with E-state index in [1.165, 1.54) is 17.0 Å². The standard InChI is InChI=1S/C21H21N3O6/c1-3-29-18-9-7-17(8-10-18)23(12-4-11-22)20(25)14-30-21(26)16-6-5-15(2)19(13-16)24(27)28/h5-10,13H,3-4,12,14H2,1-2H3. The summed E-state index contributed by atoms with van der Waals surface area (Å²) in [4.78, 5) is 36.6. The number of hydrogen-bond acceptors (Lipinski definition) is 7. The number of aryl methyl sites for hydroxylation is 1. The number of amides is 1. The number of rotatable bonds is 9. The molecule has 0 aliphatic heterocycles. The summed E-state index contributed by atoms with van der Waals surface area (Å²) in [5.74, 6) is -0.732. The number of anilines is 1. The van der Waals surface area contributed by atoms with Gasteiger partial charge < -0.3 is 14.4 Å². The van der Waals surface area contributed by atoms with E-state index in [0.29, 0.717) is 23.6 Å². The van der Waals surface area contributed by atoms with Gasteiger partial charge in [0.1, 0.15) is 5.75 Å². The first-order chi connectivity index (χ1) is 14.4. The van der Waals surface area contributed by atoms with Crippen LogP contribution in [0.1, 0.15) is 29.3 Å². The van der Waals surface area contributed by atoms with Crippen molar-refractivity contribution in [1.29, 1.82) is 5.26 Å². The average molecular weight is 411 g/mol. The molecule has 0 N–H and O–H groups in total. The summed E-state index contributed by atoms with van der Waals surface area (Å²) in [6.45, 7) is 3.47. The van der Waals surface area contributed by atoms with E-state index in [9.17, 15) is 19.7 Å². The monoisotopic (exact) mass is 411 g/mol. The summed E-state index contributed by atoms with van der Waals surface area (Å²) in [7, 11) is 0. The second-order valence-corrected chi connectivity index (χ2v) is 6.21. The van der Waals surface area contributed by atoms with Crippen molar-refractivity contribution in [2.24, 2.45) is 0 Å². The fourth-order valence-electron chi connectivity index (χ4n) is 2.67. The van der Waals surface area contributed by atoms with E-state index in [4.69, 9.17) is 14.7 Å². The molecule has 0 aliphatic carbocycles. The molecule has 1 amide bonds. The van der Waals surface area contributed by atoms with E-state index in [0.717, 1.165) is 6.07 Å². The molecule has 0 fully saturated rings. The van der Waals surface area contributed by atoms with Crippen molar-refractivity contribution in [3.8, 4) is 11.8 Å². The average Bonchev–Trinajstić information content (AvgIpc) is 2.73. The van der Waals surface area contributed by atoms with Crippen molar-refractivity contribution in [3.63, 3.8) is 0 Å². The Balaban J connectivity index is 2.10. The summed E-state index contributed by atoms with van der Waals surface area (Å²) in [5.41, 5.74) is 0.706.